The fourth-order valence-corrected chi connectivity index (χ4v) is 4.82. The molecule has 37 heavy (non-hydrogen) atoms. The van der Waals surface area contributed by atoms with E-state index in [1.54, 1.807) is 32.8 Å². The van der Waals surface area contributed by atoms with Crippen molar-refractivity contribution in [1.82, 2.24) is 24.5 Å². The fourth-order valence-electron chi connectivity index (χ4n) is 4.82. The number of ether oxygens (including phenoxy) is 2. The average molecular weight is 509 g/mol. The molecule has 2 aliphatic rings. The molecule has 0 radical (unpaired) electrons. The monoisotopic (exact) mass is 508 g/mol. The molecule has 1 N–H and O–H groups in total. The summed E-state index contributed by atoms with van der Waals surface area (Å²) in [6.45, 7) is 10.0. The highest BCUT2D eigenvalue weighted by Gasteiger charge is 2.34. The van der Waals surface area contributed by atoms with E-state index in [2.05, 4.69) is 25.3 Å². The van der Waals surface area contributed by atoms with Crippen LogP contribution in [-0.4, -0.2) is 81.5 Å². The third kappa shape index (κ3) is 4.83. The summed E-state index contributed by atoms with van der Waals surface area (Å²) in [7, 11) is 1.54. The number of methoxy groups -OCH3 is 1. The van der Waals surface area contributed by atoms with Crippen LogP contribution < -0.4 is 19.9 Å². The van der Waals surface area contributed by atoms with Crippen LogP contribution in [0, 0.1) is 0 Å². The van der Waals surface area contributed by atoms with Crippen LogP contribution in [0.25, 0.3) is 5.65 Å². The van der Waals surface area contributed by atoms with E-state index in [0.717, 1.165) is 11.3 Å². The minimum atomic E-state index is -0.533. The van der Waals surface area contributed by atoms with Crippen LogP contribution in [0.5, 0.6) is 5.75 Å². The Morgan fingerprint density at radius 3 is 2.70 bits per heavy atom. The van der Waals surface area contributed by atoms with Crippen LogP contribution in [0.2, 0.25) is 0 Å². The van der Waals surface area contributed by atoms with Crippen LogP contribution >= 0.6 is 0 Å². The number of pyridine rings is 2. The zero-order valence-electron chi connectivity index (χ0n) is 21.8. The molecule has 12 nitrogen and oxygen atoms in total. The molecule has 5 heterocycles. The molecule has 0 saturated carbocycles. The predicted octanol–water partition coefficient (Wildman–Crippen LogP) is 3.17. The zero-order valence-corrected chi connectivity index (χ0v) is 21.8. The van der Waals surface area contributed by atoms with E-state index >= 15 is 0 Å². The molecule has 0 bridgehead atoms. The minimum absolute atomic E-state index is 0.0206. The minimum Gasteiger partial charge on any atom is -0.493 e. The third-order valence-corrected chi connectivity index (χ3v) is 6.53. The maximum atomic E-state index is 13.3. The maximum Gasteiger partial charge on any atom is 0.410 e. The maximum absolute atomic E-state index is 13.3. The number of carbonyl (C=O) groups is 2. The highest BCUT2D eigenvalue weighted by atomic mass is 16.6. The molecule has 0 aromatic carbocycles. The molecule has 0 aliphatic carbocycles. The summed E-state index contributed by atoms with van der Waals surface area (Å²) < 4.78 is 12.6. The van der Waals surface area contributed by atoms with Crippen molar-refractivity contribution < 1.29 is 19.1 Å². The van der Waals surface area contributed by atoms with Crippen molar-refractivity contribution >= 4 is 35.0 Å². The molecule has 1 atom stereocenters. The molecule has 3 amide bonds. The average Bonchev–Trinajstić information content (AvgIpc) is 3.48. The van der Waals surface area contributed by atoms with Gasteiger partial charge in [-0.3, -0.25) is 4.90 Å². The van der Waals surface area contributed by atoms with Gasteiger partial charge in [-0.15, -0.1) is 0 Å². The summed E-state index contributed by atoms with van der Waals surface area (Å²) >= 11 is 0. The predicted molar refractivity (Wildman–Crippen MR) is 138 cm³/mol. The van der Waals surface area contributed by atoms with Crippen LogP contribution in [0.4, 0.5) is 26.8 Å². The highest BCUT2D eigenvalue weighted by Crippen LogP contribution is 2.35. The largest absolute Gasteiger partial charge is 0.493 e. The molecule has 196 valence electrons. The summed E-state index contributed by atoms with van der Waals surface area (Å²) in [6.07, 6.45) is 5.24. The molecular weight excluding hydrogens is 476 g/mol. The molecule has 0 unspecified atom stereocenters. The molecule has 3 aromatic heterocycles. The van der Waals surface area contributed by atoms with Crippen molar-refractivity contribution in [2.45, 2.75) is 45.8 Å². The second-order valence-electron chi connectivity index (χ2n) is 10.3. The first kappa shape index (κ1) is 24.6. The summed E-state index contributed by atoms with van der Waals surface area (Å²) in [5.74, 6) is 1.11. The number of hydrogen-bond donors (Lipinski definition) is 1. The number of carbonyl (C=O) groups excluding carboxylic acids is 2. The number of anilines is 3. The number of nitrogens with one attached hydrogen (secondary N) is 1. The van der Waals surface area contributed by atoms with Gasteiger partial charge in [0.15, 0.2) is 11.4 Å². The number of nitrogens with zero attached hydrogens (tertiary/aromatic N) is 7. The molecule has 3 aromatic rings. The highest BCUT2D eigenvalue weighted by molar-refractivity contribution is 6.04. The topological polar surface area (TPSA) is 117 Å². The SMILES string of the molecule is COc1cn2ncnc2cc1NC(=O)N1CCc2c(N3CCN(C(=O)OC(C)(C)C)[C@H](C)C3)ccnc21. The van der Waals surface area contributed by atoms with E-state index in [0.29, 0.717) is 55.5 Å². The van der Waals surface area contributed by atoms with E-state index in [1.165, 1.54) is 13.4 Å². The second-order valence-corrected chi connectivity index (χ2v) is 10.3. The van der Waals surface area contributed by atoms with Crippen molar-refractivity contribution in [2.75, 3.05) is 48.4 Å². The Kier molecular flexibility index (Phi) is 6.26. The van der Waals surface area contributed by atoms with Gasteiger partial charge in [0, 0.05) is 55.7 Å². The number of fused-ring (bicyclic) bond motifs is 2. The molecule has 1 fully saturated rings. The first-order valence-corrected chi connectivity index (χ1v) is 12.3. The van der Waals surface area contributed by atoms with Crippen molar-refractivity contribution in [3.05, 3.63) is 36.4 Å². The van der Waals surface area contributed by atoms with Crippen molar-refractivity contribution in [3.8, 4) is 5.75 Å². The van der Waals surface area contributed by atoms with Crippen molar-refractivity contribution in [3.63, 3.8) is 0 Å². The van der Waals surface area contributed by atoms with Crippen molar-refractivity contribution in [1.29, 1.82) is 0 Å². The normalized spacial score (nSPS) is 17.6. The standard InChI is InChI=1S/C25H32N8O4/c1-16-13-30(10-11-31(16)24(35)37-25(2,3)4)19-6-8-26-22-17(19)7-9-32(22)23(34)29-18-12-21-27-15-28-33(21)14-20(18)36-5/h6,8,12,14-16H,7,9-11,13H2,1-5H3,(H,29,34)/t16-/m1/s1. The number of urea groups is 1. The summed E-state index contributed by atoms with van der Waals surface area (Å²) in [5.41, 5.74) is 2.63. The first-order chi connectivity index (χ1) is 17.6. The first-order valence-electron chi connectivity index (χ1n) is 12.3. The van der Waals surface area contributed by atoms with Gasteiger partial charge in [0.1, 0.15) is 17.7 Å². The smallest absolute Gasteiger partial charge is 0.410 e. The number of piperazine rings is 1. The molecule has 1 saturated heterocycles. The van der Waals surface area contributed by atoms with Gasteiger partial charge in [-0.2, -0.15) is 5.10 Å². The molecular formula is C25H32N8O4. The van der Waals surface area contributed by atoms with Gasteiger partial charge in [-0.25, -0.2) is 24.1 Å². The van der Waals surface area contributed by atoms with Crippen LogP contribution in [0.15, 0.2) is 30.9 Å². The Morgan fingerprint density at radius 1 is 1.16 bits per heavy atom. The van der Waals surface area contributed by atoms with Gasteiger partial charge < -0.3 is 24.6 Å². The number of aromatic nitrogens is 4. The molecule has 2 aliphatic heterocycles. The van der Waals surface area contributed by atoms with E-state index in [4.69, 9.17) is 9.47 Å². The number of rotatable bonds is 3. The lowest BCUT2D eigenvalue weighted by Crippen LogP contribution is -2.55. The zero-order chi connectivity index (χ0) is 26.3. The van der Waals surface area contributed by atoms with Crippen molar-refractivity contribution in [2.24, 2.45) is 0 Å². The van der Waals surface area contributed by atoms with Gasteiger partial charge in [-0.1, -0.05) is 0 Å². The lowest BCUT2D eigenvalue weighted by molar-refractivity contribution is 0.0159. The Labute approximate surface area is 215 Å². The van der Waals surface area contributed by atoms with E-state index < -0.39 is 5.60 Å². The molecule has 12 heteroatoms. The fraction of sp³-hybridized carbons (Fsp3) is 0.480. The lowest BCUT2D eigenvalue weighted by atomic mass is 10.1. The van der Waals surface area contributed by atoms with E-state index in [1.807, 2.05) is 33.8 Å². The van der Waals surface area contributed by atoms with Gasteiger partial charge in [-0.05, 0) is 40.2 Å². The van der Waals surface area contributed by atoms with Gasteiger partial charge >= 0.3 is 12.1 Å². The van der Waals surface area contributed by atoms with Crippen LogP contribution in [0.1, 0.15) is 33.3 Å². The Hall–Kier alpha value is -4.09. The number of amides is 3. The van der Waals surface area contributed by atoms with E-state index in [9.17, 15) is 9.59 Å². The third-order valence-electron chi connectivity index (χ3n) is 6.53. The van der Waals surface area contributed by atoms with Gasteiger partial charge in [0.25, 0.3) is 0 Å². The molecule has 5 rings (SSSR count). The summed E-state index contributed by atoms with van der Waals surface area (Å²) in [5, 5.41) is 7.04. The molecule has 0 spiro atoms. The lowest BCUT2D eigenvalue weighted by Gasteiger charge is -2.41. The second kappa shape index (κ2) is 9.41. The van der Waals surface area contributed by atoms with Crippen LogP contribution in [-0.2, 0) is 11.2 Å². The quantitative estimate of drug-likeness (QED) is 0.573. The van der Waals surface area contributed by atoms with Gasteiger partial charge in [0.05, 0.1) is 19.0 Å². The Balaban J connectivity index is 1.32. The summed E-state index contributed by atoms with van der Waals surface area (Å²) in [4.78, 5) is 40.3. The van der Waals surface area contributed by atoms with E-state index in [-0.39, 0.29) is 18.2 Å². The Morgan fingerprint density at radius 2 is 1.97 bits per heavy atom. The van der Waals surface area contributed by atoms with Crippen LogP contribution in [0.3, 0.4) is 0 Å². The van der Waals surface area contributed by atoms with Gasteiger partial charge in [0.2, 0.25) is 0 Å². The Bertz CT molecular complexity index is 1330. The number of hydrogen-bond acceptors (Lipinski definition) is 8. The summed E-state index contributed by atoms with van der Waals surface area (Å²) in [6, 6.07) is 3.38.